The number of hydrogen-bond acceptors (Lipinski definition) is 7. The van der Waals surface area contributed by atoms with E-state index in [0.29, 0.717) is 17.0 Å². The molecule has 4 aromatic rings. The first kappa shape index (κ1) is 18.4. The topological polar surface area (TPSA) is 99.0 Å². The zero-order valence-electron chi connectivity index (χ0n) is 15.4. The molecule has 1 N–H and O–H groups in total. The largest absolute Gasteiger partial charge is 0.495 e. The molecular weight excluding hydrogens is 398 g/mol. The van der Waals surface area contributed by atoms with Crippen LogP contribution in [0.5, 0.6) is 5.75 Å². The van der Waals surface area contributed by atoms with Crippen LogP contribution in [-0.4, -0.2) is 41.5 Å². The van der Waals surface area contributed by atoms with Gasteiger partial charge >= 0.3 is 0 Å². The van der Waals surface area contributed by atoms with Crippen molar-refractivity contribution in [1.82, 2.24) is 19.7 Å². The lowest BCUT2D eigenvalue weighted by molar-refractivity contribution is 0.417. The number of methoxy groups -OCH3 is 1. The summed E-state index contributed by atoms with van der Waals surface area (Å²) in [5.74, 6) is 0.409. The van der Waals surface area contributed by atoms with E-state index in [-0.39, 0.29) is 0 Å². The lowest BCUT2D eigenvalue weighted by atomic mass is 10.0. The van der Waals surface area contributed by atoms with E-state index in [1.165, 1.54) is 18.4 Å². The third kappa shape index (κ3) is 3.56. The average molecular weight is 416 g/mol. The molecule has 0 saturated carbocycles. The maximum Gasteiger partial charge on any atom is 0.229 e. The molecule has 0 aliphatic carbocycles. The van der Waals surface area contributed by atoms with Crippen molar-refractivity contribution in [2.75, 3.05) is 18.1 Å². The zero-order valence-corrected chi connectivity index (χ0v) is 17.0. The molecule has 3 aromatic heterocycles. The number of fused-ring (bicyclic) bond motifs is 1. The molecule has 0 saturated heterocycles. The molecule has 0 fully saturated rings. The standard InChI is InChI=1S/C18H17N5O3S2/c1-23-10-11(9-20-23)14-6-13(18-19-4-5-27-18)12-7-17(26-2)16(8-15(12)21-14)22-28(3,24)25/h4-10,22H,1-3H3. The summed E-state index contributed by atoms with van der Waals surface area (Å²) >= 11 is 1.52. The molecule has 1 aromatic carbocycles. The quantitative estimate of drug-likeness (QED) is 0.538. The molecular formula is C18H17N5O3S2. The van der Waals surface area contributed by atoms with Gasteiger partial charge in [0.1, 0.15) is 10.8 Å². The molecule has 144 valence electrons. The summed E-state index contributed by atoms with van der Waals surface area (Å²) in [6, 6.07) is 5.41. The van der Waals surface area contributed by atoms with Gasteiger partial charge in [0.2, 0.25) is 10.0 Å². The molecule has 0 aliphatic rings. The molecule has 0 spiro atoms. The Morgan fingerprint density at radius 3 is 2.68 bits per heavy atom. The molecule has 0 unspecified atom stereocenters. The normalized spacial score (nSPS) is 11.7. The number of rotatable bonds is 5. The van der Waals surface area contributed by atoms with Crippen LogP contribution in [0.2, 0.25) is 0 Å². The molecule has 3 heterocycles. The SMILES string of the molecule is COc1cc2c(-c3nccs3)cc(-c3cnn(C)c3)nc2cc1NS(C)(=O)=O. The molecule has 10 heteroatoms. The van der Waals surface area contributed by atoms with Crippen molar-refractivity contribution >= 4 is 38.0 Å². The second-order valence-corrected chi connectivity index (χ2v) is 8.88. The number of hydrogen-bond donors (Lipinski definition) is 1. The summed E-state index contributed by atoms with van der Waals surface area (Å²) in [7, 11) is -0.138. The first-order valence-corrected chi connectivity index (χ1v) is 11.0. The van der Waals surface area contributed by atoms with E-state index in [2.05, 4.69) is 14.8 Å². The van der Waals surface area contributed by atoms with E-state index in [4.69, 9.17) is 9.72 Å². The van der Waals surface area contributed by atoms with E-state index in [1.54, 1.807) is 29.2 Å². The van der Waals surface area contributed by atoms with Crippen LogP contribution in [0.15, 0.2) is 42.2 Å². The van der Waals surface area contributed by atoms with Gasteiger partial charge in [-0.05, 0) is 18.2 Å². The molecule has 0 aliphatic heterocycles. The summed E-state index contributed by atoms with van der Waals surface area (Å²) in [5, 5.41) is 7.77. The zero-order chi connectivity index (χ0) is 19.9. The van der Waals surface area contributed by atoms with E-state index < -0.39 is 10.0 Å². The number of aromatic nitrogens is 4. The third-order valence-electron chi connectivity index (χ3n) is 4.09. The van der Waals surface area contributed by atoms with Gasteiger partial charge < -0.3 is 4.74 Å². The summed E-state index contributed by atoms with van der Waals surface area (Å²) in [6.07, 6.45) is 6.45. The smallest absolute Gasteiger partial charge is 0.229 e. The van der Waals surface area contributed by atoms with Crippen LogP contribution < -0.4 is 9.46 Å². The van der Waals surface area contributed by atoms with Crippen LogP contribution in [0.25, 0.3) is 32.7 Å². The van der Waals surface area contributed by atoms with Gasteiger partial charge in [0.15, 0.2) is 0 Å². The lowest BCUT2D eigenvalue weighted by Gasteiger charge is -2.13. The number of thiazole rings is 1. The number of aryl methyl sites for hydroxylation is 1. The van der Waals surface area contributed by atoms with Crippen molar-refractivity contribution < 1.29 is 13.2 Å². The first-order valence-electron chi connectivity index (χ1n) is 8.23. The number of nitrogens with zero attached hydrogens (tertiary/aromatic N) is 4. The van der Waals surface area contributed by atoms with E-state index in [0.717, 1.165) is 33.5 Å². The van der Waals surface area contributed by atoms with E-state index in [1.807, 2.05) is 24.7 Å². The van der Waals surface area contributed by atoms with Crippen LogP contribution in [0.1, 0.15) is 0 Å². The van der Waals surface area contributed by atoms with Crippen LogP contribution in [0.4, 0.5) is 5.69 Å². The Hall–Kier alpha value is -2.98. The number of benzene rings is 1. The first-order chi connectivity index (χ1) is 13.3. The lowest BCUT2D eigenvalue weighted by Crippen LogP contribution is -2.10. The summed E-state index contributed by atoms with van der Waals surface area (Å²) < 4.78 is 33.1. The van der Waals surface area contributed by atoms with Gasteiger partial charge in [-0.2, -0.15) is 5.10 Å². The van der Waals surface area contributed by atoms with Crippen molar-refractivity contribution in [3.8, 4) is 27.6 Å². The van der Waals surface area contributed by atoms with Gasteiger partial charge in [0.25, 0.3) is 0 Å². The fourth-order valence-electron chi connectivity index (χ4n) is 2.94. The van der Waals surface area contributed by atoms with Crippen LogP contribution in [0, 0.1) is 0 Å². The number of sulfonamides is 1. The van der Waals surface area contributed by atoms with Crippen LogP contribution in [-0.2, 0) is 17.1 Å². The maximum atomic E-state index is 11.7. The number of ether oxygens (including phenoxy) is 1. The highest BCUT2D eigenvalue weighted by Gasteiger charge is 2.17. The van der Waals surface area contributed by atoms with E-state index >= 15 is 0 Å². The minimum atomic E-state index is -3.47. The predicted molar refractivity (Wildman–Crippen MR) is 110 cm³/mol. The van der Waals surface area contributed by atoms with Gasteiger partial charge in [-0.3, -0.25) is 9.40 Å². The molecule has 4 rings (SSSR count). The van der Waals surface area contributed by atoms with Crippen molar-refractivity contribution in [2.24, 2.45) is 7.05 Å². The Morgan fingerprint density at radius 2 is 2.07 bits per heavy atom. The minimum Gasteiger partial charge on any atom is -0.495 e. The molecule has 8 nitrogen and oxygen atoms in total. The molecule has 0 atom stereocenters. The van der Waals surface area contributed by atoms with Gasteiger partial charge in [-0.25, -0.2) is 18.4 Å². The third-order valence-corrected chi connectivity index (χ3v) is 5.49. The Morgan fingerprint density at radius 1 is 1.25 bits per heavy atom. The maximum absolute atomic E-state index is 11.7. The monoisotopic (exact) mass is 415 g/mol. The second kappa shape index (κ2) is 6.88. The van der Waals surface area contributed by atoms with E-state index in [9.17, 15) is 8.42 Å². The van der Waals surface area contributed by atoms with Gasteiger partial charge in [0.05, 0.1) is 36.5 Å². The van der Waals surface area contributed by atoms with Crippen molar-refractivity contribution in [2.45, 2.75) is 0 Å². The summed E-state index contributed by atoms with van der Waals surface area (Å²) in [6.45, 7) is 0. The van der Waals surface area contributed by atoms with Crippen molar-refractivity contribution in [3.63, 3.8) is 0 Å². The fraction of sp³-hybridized carbons (Fsp3) is 0.167. The van der Waals surface area contributed by atoms with Crippen molar-refractivity contribution in [3.05, 3.63) is 42.2 Å². The minimum absolute atomic E-state index is 0.332. The fourth-order valence-corrected chi connectivity index (χ4v) is 4.16. The molecule has 0 radical (unpaired) electrons. The number of pyridine rings is 1. The Kier molecular flexibility index (Phi) is 4.52. The summed E-state index contributed by atoms with van der Waals surface area (Å²) in [5.41, 5.74) is 3.43. The molecule has 28 heavy (non-hydrogen) atoms. The van der Waals surface area contributed by atoms with Gasteiger partial charge in [-0.1, -0.05) is 0 Å². The molecule has 0 bridgehead atoms. The van der Waals surface area contributed by atoms with Gasteiger partial charge in [-0.15, -0.1) is 11.3 Å². The Balaban J connectivity index is 2.01. The Bertz CT molecular complexity index is 1260. The molecule has 0 amide bonds. The number of nitrogens with one attached hydrogen (secondary N) is 1. The highest BCUT2D eigenvalue weighted by atomic mass is 32.2. The number of anilines is 1. The van der Waals surface area contributed by atoms with Crippen LogP contribution >= 0.6 is 11.3 Å². The second-order valence-electron chi connectivity index (χ2n) is 6.24. The van der Waals surface area contributed by atoms with Crippen molar-refractivity contribution in [1.29, 1.82) is 0 Å². The highest BCUT2D eigenvalue weighted by molar-refractivity contribution is 7.92. The highest BCUT2D eigenvalue weighted by Crippen LogP contribution is 2.38. The van der Waals surface area contributed by atoms with Gasteiger partial charge in [0, 0.05) is 41.3 Å². The predicted octanol–water partition coefficient (Wildman–Crippen LogP) is 3.14. The van der Waals surface area contributed by atoms with Crippen LogP contribution in [0.3, 0.4) is 0 Å². The average Bonchev–Trinajstić information content (AvgIpc) is 3.30. The summed E-state index contributed by atoms with van der Waals surface area (Å²) in [4.78, 5) is 9.16. The Labute approximate surface area is 165 Å².